The Kier molecular flexibility index (Phi) is 5.19. The zero-order valence-corrected chi connectivity index (χ0v) is 12.5. The molecule has 2 aromatic rings. The third-order valence-corrected chi connectivity index (χ3v) is 5.24. The summed E-state index contributed by atoms with van der Waals surface area (Å²) in [7, 11) is 1.46. The summed E-state index contributed by atoms with van der Waals surface area (Å²) in [4.78, 5) is 11.8. The number of ether oxygens (including phenoxy) is 1. The van der Waals surface area contributed by atoms with Gasteiger partial charge in [-0.25, -0.2) is 0 Å². The number of methoxy groups -OCH3 is 1. The van der Waals surface area contributed by atoms with Crippen molar-refractivity contribution in [1.82, 2.24) is 0 Å². The average Bonchev–Trinajstić information content (AvgIpc) is 2.48. The molecule has 0 fully saturated rings. The van der Waals surface area contributed by atoms with Crippen molar-refractivity contribution in [3.8, 4) is 0 Å². The molecule has 0 heterocycles. The van der Waals surface area contributed by atoms with E-state index in [0.29, 0.717) is 0 Å². The Labute approximate surface area is 120 Å². The Bertz CT molecular complexity index is 469. The molecule has 0 radical (unpaired) electrons. The van der Waals surface area contributed by atoms with Crippen molar-refractivity contribution in [3.63, 3.8) is 0 Å². The van der Waals surface area contributed by atoms with Crippen molar-refractivity contribution >= 4 is 25.4 Å². The SMILES string of the molecule is COC(=O)C(Cc1ccccc1)[Se]c1ccccc1. The summed E-state index contributed by atoms with van der Waals surface area (Å²) < 4.78 is 6.16. The van der Waals surface area contributed by atoms with E-state index in [1.165, 1.54) is 17.1 Å². The predicted molar refractivity (Wildman–Crippen MR) is 77.7 cm³/mol. The first-order chi connectivity index (χ1) is 9.29. The molecule has 0 saturated carbocycles. The molecule has 0 aromatic heterocycles. The van der Waals surface area contributed by atoms with Gasteiger partial charge in [-0.2, -0.15) is 0 Å². The van der Waals surface area contributed by atoms with Gasteiger partial charge in [-0.15, -0.1) is 0 Å². The fourth-order valence-corrected chi connectivity index (χ4v) is 4.13. The molecule has 0 saturated heterocycles. The minimum atomic E-state index is -0.118. The Hall–Kier alpha value is -1.57. The molecule has 1 unspecified atom stereocenters. The van der Waals surface area contributed by atoms with E-state index in [4.69, 9.17) is 4.74 Å². The van der Waals surface area contributed by atoms with Crippen LogP contribution in [0, 0.1) is 0 Å². The molecule has 2 rings (SSSR count). The van der Waals surface area contributed by atoms with Crippen LogP contribution in [-0.4, -0.2) is 28.0 Å². The summed E-state index contributed by atoms with van der Waals surface area (Å²) in [5, 5.41) is 0. The van der Waals surface area contributed by atoms with Gasteiger partial charge in [0.15, 0.2) is 0 Å². The molecule has 2 nitrogen and oxygen atoms in total. The van der Waals surface area contributed by atoms with Gasteiger partial charge in [-0.3, -0.25) is 0 Å². The van der Waals surface area contributed by atoms with Gasteiger partial charge in [0.25, 0.3) is 0 Å². The van der Waals surface area contributed by atoms with Gasteiger partial charge in [-0.05, 0) is 0 Å². The van der Waals surface area contributed by atoms with Crippen LogP contribution in [-0.2, 0) is 16.0 Å². The first-order valence-electron chi connectivity index (χ1n) is 6.13. The van der Waals surface area contributed by atoms with Gasteiger partial charge >= 0.3 is 119 Å². The monoisotopic (exact) mass is 320 g/mol. The van der Waals surface area contributed by atoms with Crippen molar-refractivity contribution in [2.45, 2.75) is 11.2 Å². The topological polar surface area (TPSA) is 26.3 Å². The molecule has 0 spiro atoms. The molecular weight excluding hydrogens is 303 g/mol. The van der Waals surface area contributed by atoms with Gasteiger partial charge in [0.1, 0.15) is 0 Å². The first kappa shape index (κ1) is 13.9. The molecule has 0 N–H and O–H groups in total. The Balaban J connectivity index is 2.10. The van der Waals surface area contributed by atoms with Crippen molar-refractivity contribution in [1.29, 1.82) is 0 Å². The molecule has 3 heteroatoms. The van der Waals surface area contributed by atoms with Gasteiger partial charge in [-0.1, -0.05) is 0 Å². The number of rotatable bonds is 5. The van der Waals surface area contributed by atoms with E-state index in [9.17, 15) is 4.79 Å². The van der Waals surface area contributed by atoms with E-state index < -0.39 is 0 Å². The zero-order chi connectivity index (χ0) is 13.5. The van der Waals surface area contributed by atoms with Crippen LogP contribution in [0.2, 0.25) is 4.82 Å². The number of hydrogen-bond acceptors (Lipinski definition) is 2. The molecule has 1 atom stereocenters. The maximum absolute atomic E-state index is 11.9. The second-order valence-electron chi connectivity index (χ2n) is 4.13. The van der Waals surface area contributed by atoms with E-state index in [0.717, 1.165) is 6.42 Å². The summed E-state index contributed by atoms with van der Waals surface area (Å²) in [5.74, 6) is -0.118. The Morgan fingerprint density at radius 1 is 1.05 bits per heavy atom. The van der Waals surface area contributed by atoms with E-state index in [-0.39, 0.29) is 25.7 Å². The molecule has 0 aliphatic carbocycles. The fourth-order valence-electron chi connectivity index (χ4n) is 1.80. The van der Waals surface area contributed by atoms with E-state index in [1.54, 1.807) is 0 Å². The Morgan fingerprint density at radius 2 is 1.63 bits per heavy atom. The molecule has 98 valence electrons. The average molecular weight is 319 g/mol. The Morgan fingerprint density at radius 3 is 2.21 bits per heavy atom. The summed E-state index contributed by atoms with van der Waals surface area (Å²) in [6.45, 7) is 0. The zero-order valence-electron chi connectivity index (χ0n) is 10.8. The standard InChI is InChI=1S/C16H16O2Se/c1-18-16(17)15(12-13-8-4-2-5-9-13)19-14-10-6-3-7-11-14/h2-11,15H,12H2,1H3. The minimum absolute atomic E-state index is 0.0673. The van der Waals surface area contributed by atoms with Crippen LogP contribution >= 0.6 is 0 Å². The number of benzene rings is 2. The second-order valence-corrected chi connectivity index (χ2v) is 6.81. The molecular formula is C16H16O2Se. The molecule has 0 aliphatic heterocycles. The van der Waals surface area contributed by atoms with Crippen LogP contribution in [0.25, 0.3) is 0 Å². The predicted octanol–water partition coefficient (Wildman–Crippen LogP) is 2.22. The van der Waals surface area contributed by atoms with E-state index in [2.05, 4.69) is 24.3 Å². The normalized spacial score (nSPS) is 11.8. The van der Waals surface area contributed by atoms with Crippen LogP contribution in [0.15, 0.2) is 60.7 Å². The summed E-state index contributed by atoms with van der Waals surface area (Å²) >= 11 is 0.0875. The summed E-state index contributed by atoms with van der Waals surface area (Å²) in [6, 6.07) is 20.2. The van der Waals surface area contributed by atoms with Crippen molar-refractivity contribution in [3.05, 3.63) is 66.2 Å². The van der Waals surface area contributed by atoms with Crippen molar-refractivity contribution < 1.29 is 9.53 Å². The van der Waals surface area contributed by atoms with Crippen molar-refractivity contribution in [2.75, 3.05) is 7.11 Å². The quantitative estimate of drug-likeness (QED) is 0.624. The van der Waals surface area contributed by atoms with Crippen LogP contribution in [0.5, 0.6) is 0 Å². The summed E-state index contributed by atoms with van der Waals surface area (Å²) in [6.07, 6.45) is 0.738. The third-order valence-electron chi connectivity index (χ3n) is 2.75. The number of carbonyl (C=O) groups excluding carboxylic acids is 1. The second kappa shape index (κ2) is 7.13. The first-order valence-corrected chi connectivity index (χ1v) is 7.97. The maximum atomic E-state index is 11.9. The molecule has 2 aromatic carbocycles. The third kappa shape index (κ3) is 4.23. The van der Waals surface area contributed by atoms with Gasteiger partial charge in [0.2, 0.25) is 0 Å². The number of esters is 1. The van der Waals surface area contributed by atoms with Gasteiger partial charge in [0.05, 0.1) is 0 Å². The van der Waals surface area contributed by atoms with Crippen LogP contribution < -0.4 is 4.46 Å². The molecule has 0 amide bonds. The van der Waals surface area contributed by atoms with Crippen LogP contribution in [0.4, 0.5) is 0 Å². The van der Waals surface area contributed by atoms with Gasteiger partial charge in [0, 0.05) is 0 Å². The van der Waals surface area contributed by atoms with Crippen LogP contribution in [0.3, 0.4) is 0 Å². The van der Waals surface area contributed by atoms with Crippen LogP contribution in [0.1, 0.15) is 5.56 Å². The molecule has 0 aliphatic rings. The summed E-state index contributed by atoms with van der Waals surface area (Å²) in [5.41, 5.74) is 1.18. The van der Waals surface area contributed by atoms with E-state index in [1.807, 2.05) is 36.4 Å². The number of hydrogen-bond donors (Lipinski definition) is 0. The molecule has 19 heavy (non-hydrogen) atoms. The fraction of sp³-hybridized carbons (Fsp3) is 0.188. The van der Waals surface area contributed by atoms with Crippen molar-refractivity contribution in [2.24, 2.45) is 0 Å². The van der Waals surface area contributed by atoms with E-state index >= 15 is 0 Å². The number of carbonyl (C=O) groups is 1. The molecule has 0 bridgehead atoms. The van der Waals surface area contributed by atoms with Gasteiger partial charge < -0.3 is 0 Å².